The third kappa shape index (κ3) is 2.95. The van der Waals surface area contributed by atoms with Crippen molar-refractivity contribution in [2.75, 3.05) is 13.2 Å². The largest absolute Gasteiger partial charge is 0.381 e. The lowest BCUT2D eigenvalue weighted by atomic mass is 10.0. The summed E-state index contributed by atoms with van der Waals surface area (Å²) in [6.45, 7) is 5.47. The maximum atomic E-state index is 13.5. The van der Waals surface area contributed by atoms with Crippen LogP contribution < -0.4 is 5.69 Å². The van der Waals surface area contributed by atoms with E-state index in [1.54, 1.807) is 6.20 Å². The van der Waals surface area contributed by atoms with Gasteiger partial charge in [-0.05, 0) is 50.5 Å². The van der Waals surface area contributed by atoms with Crippen LogP contribution in [0, 0.1) is 0 Å². The predicted molar refractivity (Wildman–Crippen MR) is 114 cm³/mol. The first-order valence-corrected chi connectivity index (χ1v) is 10.2. The molecule has 0 bridgehead atoms. The van der Waals surface area contributed by atoms with E-state index < -0.39 is 0 Å². The van der Waals surface area contributed by atoms with Gasteiger partial charge in [-0.15, -0.1) is 0 Å². The monoisotopic (exact) mass is 388 g/mol. The first kappa shape index (κ1) is 18.1. The molecule has 0 spiro atoms. The molecule has 0 saturated carbocycles. The second-order valence-corrected chi connectivity index (χ2v) is 7.93. The molecule has 1 aromatic carbocycles. The van der Waals surface area contributed by atoms with E-state index in [-0.39, 0.29) is 17.8 Å². The summed E-state index contributed by atoms with van der Waals surface area (Å²) in [5, 5.41) is 1.01. The van der Waals surface area contributed by atoms with E-state index in [2.05, 4.69) is 22.1 Å². The lowest BCUT2D eigenvalue weighted by Crippen LogP contribution is -2.31. The third-order valence-electron chi connectivity index (χ3n) is 5.80. The number of hydrogen-bond acceptors (Lipinski definition) is 4. The van der Waals surface area contributed by atoms with Gasteiger partial charge < -0.3 is 4.74 Å². The highest BCUT2D eigenvalue weighted by atomic mass is 16.5. The lowest BCUT2D eigenvalue weighted by molar-refractivity contribution is 0.0696. The summed E-state index contributed by atoms with van der Waals surface area (Å²) in [4.78, 5) is 22.4. The van der Waals surface area contributed by atoms with Gasteiger partial charge in [-0.3, -0.25) is 19.1 Å². The third-order valence-corrected chi connectivity index (χ3v) is 5.80. The summed E-state index contributed by atoms with van der Waals surface area (Å²) in [7, 11) is 0. The molecule has 4 heterocycles. The standard InChI is InChI=1S/C23H24N4O2/c1-15(2)26-21-14-25-20-6-5-16(17-4-3-9-24-13-17)12-19(20)22(21)27(23(26)28)18-7-10-29-11-8-18/h3-6,9,12-15,18H,7-8,10-11H2,1-2H3. The van der Waals surface area contributed by atoms with E-state index >= 15 is 0 Å². The zero-order valence-electron chi connectivity index (χ0n) is 16.7. The molecule has 0 radical (unpaired) electrons. The van der Waals surface area contributed by atoms with Crippen LogP contribution in [-0.4, -0.2) is 32.3 Å². The van der Waals surface area contributed by atoms with Crippen molar-refractivity contribution < 1.29 is 4.74 Å². The van der Waals surface area contributed by atoms with Gasteiger partial charge in [-0.1, -0.05) is 12.1 Å². The molecule has 29 heavy (non-hydrogen) atoms. The molecule has 0 unspecified atom stereocenters. The summed E-state index contributed by atoms with van der Waals surface area (Å²) < 4.78 is 9.41. The topological polar surface area (TPSA) is 61.9 Å². The van der Waals surface area contributed by atoms with Crippen LogP contribution in [0.1, 0.15) is 38.8 Å². The molecule has 1 saturated heterocycles. The van der Waals surface area contributed by atoms with Crippen LogP contribution in [0.25, 0.3) is 33.1 Å². The van der Waals surface area contributed by atoms with Gasteiger partial charge >= 0.3 is 5.69 Å². The molecular weight excluding hydrogens is 364 g/mol. The Labute approximate surface area is 168 Å². The SMILES string of the molecule is CC(C)n1c(=O)n(C2CCOCC2)c2c3cc(-c4cccnc4)ccc3ncc21. The normalized spacial score (nSPS) is 15.6. The molecule has 6 heteroatoms. The number of imidazole rings is 1. The fourth-order valence-corrected chi connectivity index (χ4v) is 4.41. The second-order valence-electron chi connectivity index (χ2n) is 7.93. The van der Waals surface area contributed by atoms with Crippen LogP contribution in [-0.2, 0) is 4.74 Å². The molecule has 148 valence electrons. The molecule has 0 N–H and O–H groups in total. The van der Waals surface area contributed by atoms with E-state index in [1.165, 1.54) is 0 Å². The van der Waals surface area contributed by atoms with Crippen molar-refractivity contribution in [2.24, 2.45) is 0 Å². The highest BCUT2D eigenvalue weighted by molar-refractivity contribution is 6.04. The Hall–Kier alpha value is -2.99. The summed E-state index contributed by atoms with van der Waals surface area (Å²) >= 11 is 0. The van der Waals surface area contributed by atoms with Crippen LogP contribution in [0.4, 0.5) is 0 Å². The summed E-state index contributed by atoms with van der Waals surface area (Å²) in [6.07, 6.45) is 7.18. The lowest BCUT2D eigenvalue weighted by Gasteiger charge is -2.23. The average molecular weight is 388 g/mol. The van der Waals surface area contributed by atoms with Gasteiger partial charge in [0.25, 0.3) is 0 Å². The van der Waals surface area contributed by atoms with E-state index in [0.29, 0.717) is 13.2 Å². The van der Waals surface area contributed by atoms with E-state index in [0.717, 1.165) is 45.9 Å². The van der Waals surface area contributed by atoms with Crippen molar-refractivity contribution in [3.8, 4) is 11.1 Å². The van der Waals surface area contributed by atoms with Crippen LogP contribution in [0.2, 0.25) is 0 Å². The zero-order valence-corrected chi connectivity index (χ0v) is 16.7. The van der Waals surface area contributed by atoms with Gasteiger partial charge in [-0.25, -0.2) is 4.79 Å². The molecule has 0 atom stereocenters. The maximum absolute atomic E-state index is 13.5. The summed E-state index contributed by atoms with van der Waals surface area (Å²) in [6, 6.07) is 10.4. The predicted octanol–water partition coefficient (Wildman–Crippen LogP) is 4.35. The van der Waals surface area contributed by atoms with E-state index in [4.69, 9.17) is 4.74 Å². The maximum Gasteiger partial charge on any atom is 0.329 e. The Morgan fingerprint density at radius 1 is 1.10 bits per heavy atom. The van der Waals surface area contributed by atoms with Crippen molar-refractivity contribution >= 4 is 21.9 Å². The molecule has 1 aliphatic rings. The number of ether oxygens (including phenoxy) is 1. The number of pyridine rings is 2. The average Bonchev–Trinajstić information content (AvgIpc) is 3.07. The molecule has 0 amide bonds. The number of rotatable bonds is 3. The molecular formula is C23H24N4O2. The Kier molecular flexibility index (Phi) is 4.43. The highest BCUT2D eigenvalue weighted by Gasteiger charge is 2.25. The van der Waals surface area contributed by atoms with Gasteiger partial charge in [0, 0.05) is 48.6 Å². The number of nitrogens with zero attached hydrogens (tertiary/aromatic N) is 4. The minimum Gasteiger partial charge on any atom is -0.381 e. The first-order valence-electron chi connectivity index (χ1n) is 10.2. The Balaban J connectivity index is 1.85. The summed E-state index contributed by atoms with van der Waals surface area (Å²) in [5.74, 6) is 0. The number of fused-ring (bicyclic) bond motifs is 3. The smallest absolute Gasteiger partial charge is 0.329 e. The molecule has 4 aromatic rings. The number of hydrogen-bond donors (Lipinski definition) is 0. The van der Waals surface area contributed by atoms with Crippen molar-refractivity contribution in [1.82, 2.24) is 19.1 Å². The Bertz CT molecular complexity index is 1230. The second kappa shape index (κ2) is 7.12. The number of aromatic nitrogens is 4. The van der Waals surface area contributed by atoms with Gasteiger partial charge in [0.05, 0.1) is 22.7 Å². The van der Waals surface area contributed by atoms with Crippen molar-refractivity contribution in [3.63, 3.8) is 0 Å². The van der Waals surface area contributed by atoms with Gasteiger partial charge in [-0.2, -0.15) is 0 Å². The van der Waals surface area contributed by atoms with Crippen molar-refractivity contribution in [2.45, 2.75) is 38.8 Å². The first-order chi connectivity index (χ1) is 14.1. The molecule has 5 rings (SSSR count). The molecule has 6 nitrogen and oxygen atoms in total. The molecule has 3 aromatic heterocycles. The minimum atomic E-state index is 0.0444. The van der Waals surface area contributed by atoms with Crippen molar-refractivity contribution in [1.29, 1.82) is 0 Å². The van der Waals surface area contributed by atoms with Crippen LogP contribution in [0.5, 0.6) is 0 Å². The Morgan fingerprint density at radius 3 is 2.66 bits per heavy atom. The molecule has 1 fully saturated rings. The van der Waals surface area contributed by atoms with Gasteiger partial charge in [0.15, 0.2) is 0 Å². The highest BCUT2D eigenvalue weighted by Crippen LogP contribution is 2.32. The van der Waals surface area contributed by atoms with Gasteiger partial charge in [0.2, 0.25) is 0 Å². The van der Waals surface area contributed by atoms with Crippen LogP contribution >= 0.6 is 0 Å². The molecule has 0 aliphatic carbocycles. The molecule has 1 aliphatic heterocycles. The van der Waals surface area contributed by atoms with E-state index in [9.17, 15) is 4.79 Å². The number of benzene rings is 1. The minimum absolute atomic E-state index is 0.0444. The Morgan fingerprint density at radius 2 is 1.93 bits per heavy atom. The fraction of sp³-hybridized carbons (Fsp3) is 0.348. The zero-order chi connectivity index (χ0) is 20.0. The summed E-state index contributed by atoms with van der Waals surface area (Å²) in [5.41, 5.74) is 4.94. The van der Waals surface area contributed by atoms with Crippen LogP contribution in [0.3, 0.4) is 0 Å². The quantitative estimate of drug-likeness (QED) is 0.524. The van der Waals surface area contributed by atoms with Crippen molar-refractivity contribution in [3.05, 3.63) is 59.4 Å². The fourth-order valence-electron chi connectivity index (χ4n) is 4.41. The van der Waals surface area contributed by atoms with E-state index in [1.807, 2.05) is 53.6 Å². The van der Waals surface area contributed by atoms with Gasteiger partial charge in [0.1, 0.15) is 0 Å². The van der Waals surface area contributed by atoms with Crippen LogP contribution in [0.15, 0.2) is 53.7 Å².